The zero-order valence-corrected chi connectivity index (χ0v) is 15.3. The molecule has 0 amide bonds. The number of anilines is 1. The largest absolute Gasteiger partial charge is 0.497 e. The number of methoxy groups -OCH3 is 2. The van der Waals surface area contributed by atoms with Crippen molar-refractivity contribution in [3.8, 4) is 11.5 Å². The van der Waals surface area contributed by atoms with Crippen molar-refractivity contribution in [2.24, 2.45) is 0 Å². The molecule has 1 aliphatic heterocycles. The Bertz CT molecular complexity index is 1000. The van der Waals surface area contributed by atoms with Crippen LogP contribution in [0.2, 0.25) is 0 Å². The molecule has 7 nitrogen and oxygen atoms in total. The molecule has 0 N–H and O–H groups in total. The number of halogens is 3. The van der Waals surface area contributed by atoms with Crippen LogP contribution < -0.4 is 14.4 Å². The van der Waals surface area contributed by atoms with Crippen molar-refractivity contribution in [2.45, 2.75) is 25.1 Å². The Morgan fingerprint density at radius 3 is 2.61 bits per heavy atom. The molecule has 4 rings (SSSR count). The van der Waals surface area contributed by atoms with Crippen LogP contribution in [0, 0.1) is 0 Å². The SMILES string of the molecule is COc1ccc([C@@H]2CCCN2c2ccc3nnc(C(F)(F)F)n3n2)c(OC)c1. The lowest BCUT2D eigenvalue weighted by atomic mass is 10.0. The molecule has 0 saturated carbocycles. The Labute approximate surface area is 158 Å². The molecule has 0 unspecified atom stereocenters. The minimum absolute atomic E-state index is 0.0499. The third-order valence-corrected chi connectivity index (χ3v) is 4.85. The average Bonchev–Trinajstić information content (AvgIpc) is 3.33. The average molecular weight is 393 g/mol. The molecule has 1 aromatic carbocycles. The summed E-state index contributed by atoms with van der Waals surface area (Å²) in [6.07, 6.45) is -2.92. The molecule has 0 radical (unpaired) electrons. The van der Waals surface area contributed by atoms with Crippen molar-refractivity contribution in [1.82, 2.24) is 19.8 Å². The highest BCUT2D eigenvalue weighted by Gasteiger charge is 2.38. The van der Waals surface area contributed by atoms with Crippen LogP contribution >= 0.6 is 0 Å². The number of rotatable bonds is 4. The Balaban J connectivity index is 1.75. The van der Waals surface area contributed by atoms with Gasteiger partial charge in [0.1, 0.15) is 17.3 Å². The first kappa shape index (κ1) is 18.3. The maximum absolute atomic E-state index is 13.2. The molecule has 0 aliphatic carbocycles. The van der Waals surface area contributed by atoms with Gasteiger partial charge in [-0.3, -0.25) is 0 Å². The highest BCUT2D eigenvalue weighted by Crippen LogP contribution is 2.40. The summed E-state index contributed by atoms with van der Waals surface area (Å²) in [6, 6.07) is 8.64. The topological polar surface area (TPSA) is 64.8 Å². The molecule has 3 aromatic rings. The summed E-state index contributed by atoms with van der Waals surface area (Å²) < 4.78 is 51.0. The third-order valence-electron chi connectivity index (χ3n) is 4.85. The molecule has 1 atom stereocenters. The lowest BCUT2D eigenvalue weighted by Gasteiger charge is -2.27. The van der Waals surface area contributed by atoms with Crippen LogP contribution in [0.4, 0.5) is 19.0 Å². The van der Waals surface area contributed by atoms with Gasteiger partial charge in [0.25, 0.3) is 5.82 Å². The van der Waals surface area contributed by atoms with Crippen LogP contribution in [0.25, 0.3) is 5.65 Å². The summed E-state index contributed by atoms with van der Waals surface area (Å²) in [4.78, 5) is 1.98. The summed E-state index contributed by atoms with van der Waals surface area (Å²) >= 11 is 0. The van der Waals surface area contributed by atoms with Crippen molar-refractivity contribution < 1.29 is 22.6 Å². The van der Waals surface area contributed by atoms with E-state index in [4.69, 9.17) is 9.47 Å². The molecule has 1 saturated heterocycles. The Hall–Kier alpha value is -3.04. The summed E-state index contributed by atoms with van der Waals surface area (Å²) in [6.45, 7) is 0.668. The summed E-state index contributed by atoms with van der Waals surface area (Å²) in [5.41, 5.74) is 0.983. The number of hydrogen-bond acceptors (Lipinski definition) is 6. The van der Waals surface area contributed by atoms with E-state index >= 15 is 0 Å². The molecular formula is C18H18F3N5O2. The normalized spacial score (nSPS) is 17.3. The number of fused-ring (bicyclic) bond motifs is 1. The van der Waals surface area contributed by atoms with Gasteiger partial charge in [0.05, 0.1) is 20.3 Å². The summed E-state index contributed by atoms with van der Waals surface area (Å²) in [5, 5.41) is 11.0. The first-order chi connectivity index (χ1) is 13.4. The number of alkyl halides is 3. The summed E-state index contributed by atoms with van der Waals surface area (Å²) in [5.74, 6) is 0.627. The maximum Gasteiger partial charge on any atom is 0.453 e. The highest BCUT2D eigenvalue weighted by molar-refractivity contribution is 5.52. The first-order valence-corrected chi connectivity index (χ1v) is 8.70. The zero-order chi connectivity index (χ0) is 19.9. The van der Waals surface area contributed by atoms with Gasteiger partial charge in [0, 0.05) is 18.2 Å². The van der Waals surface area contributed by atoms with Crippen molar-refractivity contribution in [2.75, 3.05) is 25.7 Å². The summed E-state index contributed by atoms with van der Waals surface area (Å²) in [7, 11) is 3.15. The van der Waals surface area contributed by atoms with Gasteiger partial charge in [-0.1, -0.05) is 0 Å². The van der Waals surface area contributed by atoms with Gasteiger partial charge >= 0.3 is 6.18 Å². The fourth-order valence-electron chi connectivity index (χ4n) is 3.57. The van der Waals surface area contributed by atoms with Crippen LogP contribution in [0.15, 0.2) is 30.3 Å². The smallest absolute Gasteiger partial charge is 0.453 e. The molecule has 10 heteroatoms. The number of hydrogen-bond donors (Lipinski definition) is 0. The first-order valence-electron chi connectivity index (χ1n) is 8.70. The van der Waals surface area contributed by atoms with E-state index in [2.05, 4.69) is 15.3 Å². The minimum Gasteiger partial charge on any atom is -0.497 e. The van der Waals surface area contributed by atoms with Gasteiger partial charge in [0.2, 0.25) is 0 Å². The van der Waals surface area contributed by atoms with Crippen molar-refractivity contribution >= 4 is 11.5 Å². The van der Waals surface area contributed by atoms with Gasteiger partial charge in [-0.15, -0.1) is 15.3 Å². The van der Waals surface area contributed by atoms with E-state index in [1.807, 2.05) is 17.0 Å². The van der Waals surface area contributed by atoms with Crippen LogP contribution in [-0.2, 0) is 6.18 Å². The van der Waals surface area contributed by atoms with E-state index in [-0.39, 0.29) is 11.7 Å². The van der Waals surface area contributed by atoms with Crippen molar-refractivity contribution in [1.29, 1.82) is 0 Å². The van der Waals surface area contributed by atoms with Crippen LogP contribution in [0.5, 0.6) is 11.5 Å². The number of nitrogens with zero attached hydrogens (tertiary/aromatic N) is 5. The van der Waals surface area contributed by atoms with Gasteiger partial charge in [0.15, 0.2) is 5.65 Å². The number of ether oxygens (including phenoxy) is 2. The van der Waals surface area contributed by atoms with E-state index in [0.717, 1.165) is 22.9 Å². The van der Waals surface area contributed by atoms with Gasteiger partial charge in [-0.05, 0) is 37.1 Å². The molecule has 1 fully saturated rings. The van der Waals surface area contributed by atoms with E-state index in [0.29, 0.717) is 23.9 Å². The van der Waals surface area contributed by atoms with Gasteiger partial charge < -0.3 is 14.4 Å². The molecule has 2 aromatic heterocycles. The Kier molecular flexibility index (Phi) is 4.48. The monoisotopic (exact) mass is 393 g/mol. The molecule has 28 heavy (non-hydrogen) atoms. The van der Waals surface area contributed by atoms with E-state index in [1.54, 1.807) is 26.4 Å². The zero-order valence-electron chi connectivity index (χ0n) is 15.3. The van der Waals surface area contributed by atoms with E-state index in [1.165, 1.54) is 6.07 Å². The lowest BCUT2D eigenvalue weighted by molar-refractivity contribution is -0.146. The van der Waals surface area contributed by atoms with Crippen molar-refractivity contribution in [3.63, 3.8) is 0 Å². The predicted molar refractivity (Wildman–Crippen MR) is 94.7 cm³/mol. The molecule has 148 valence electrons. The minimum atomic E-state index is -4.63. The molecule has 0 spiro atoms. The fourth-order valence-corrected chi connectivity index (χ4v) is 3.57. The predicted octanol–water partition coefficient (Wildman–Crippen LogP) is 3.50. The Morgan fingerprint density at radius 1 is 1.07 bits per heavy atom. The van der Waals surface area contributed by atoms with Crippen LogP contribution in [-0.4, -0.2) is 40.6 Å². The standard InChI is InChI=1S/C18H18F3N5O2/c1-27-11-5-6-12(14(10-11)28-2)13-4-3-9-25(13)16-8-7-15-22-23-17(18(19,20)21)26(15)24-16/h5-8,10,13H,3-4,9H2,1-2H3/t13-/m0/s1. The third kappa shape index (κ3) is 3.08. The molecule has 3 heterocycles. The molecular weight excluding hydrogens is 375 g/mol. The second kappa shape index (κ2) is 6.84. The maximum atomic E-state index is 13.2. The number of benzene rings is 1. The highest BCUT2D eigenvalue weighted by atomic mass is 19.4. The van der Waals surface area contributed by atoms with Crippen LogP contribution in [0.3, 0.4) is 0 Å². The fraction of sp³-hybridized carbons (Fsp3) is 0.389. The Morgan fingerprint density at radius 2 is 1.89 bits per heavy atom. The van der Waals surface area contributed by atoms with E-state index < -0.39 is 12.0 Å². The quantitative estimate of drug-likeness (QED) is 0.676. The van der Waals surface area contributed by atoms with Crippen LogP contribution in [0.1, 0.15) is 30.3 Å². The van der Waals surface area contributed by atoms with Gasteiger partial charge in [-0.25, -0.2) is 0 Å². The molecule has 0 bridgehead atoms. The lowest BCUT2D eigenvalue weighted by Crippen LogP contribution is -2.25. The second-order valence-corrected chi connectivity index (χ2v) is 6.44. The second-order valence-electron chi connectivity index (χ2n) is 6.44. The van der Waals surface area contributed by atoms with Gasteiger partial charge in [-0.2, -0.15) is 17.7 Å². The van der Waals surface area contributed by atoms with E-state index in [9.17, 15) is 13.2 Å². The van der Waals surface area contributed by atoms with Crippen molar-refractivity contribution in [3.05, 3.63) is 41.7 Å². The molecule has 1 aliphatic rings. The number of aromatic nitrogens is 4.